The predicted octanol–water partition coefficient (Wildman–Crippen LogP) is 7.10. The third-order valence-electron chi connectivity index (χ3n) is 4.95. The second kappa shape index (κ2) is 8.79. The Kier molecular flexibility index (Phi) is 5.70. The lowest BCUT2D eigenvalue weighted by atomic mass is 10.00. The Balaban J connectivity index is 1.50. The average molecular weight is 476 g/mol. The van der Waals surface area contributed by atoms with Crippen molar-refractivity contribution in [1.82, 2.24) is 10.3 Å². The number of aromatic nitrogens is 1. The van der Waals surface area contributed by atoms with Crippen LogP contribution in [0.1, 0.15) is 5.56 Å². The molecule has 1 amide bonds. The first kappa shape index (κ1) is 20.8. The highest BCUT2D eigenvalue weighted by molar-refractivity contribution is 8.18. The number of amidine groups is 1. The summed E-state index contributed by atoms with van der Waals surface area (Å²) in [6.07, 6.45) is 3.66. The number of nitrogens with zero attached hydrogens (tertiary/aromatic N) is 2. The quantitative estimate of drug-likeness (QED) is 0.321. The molecule has 2 heterocycles. The standard InChI is InChI=1S/C25H15Cl2N3OS/c26-19-7-4-8-20(27)23(19)29-25-30-24(31)22(32-25)14-15-9-10-21-18(13-15)17(11-12-28-21)16-5-2-1-3-6-16/h1-14H,(H,29,30,31)/b22-14+. The average Bonchev–Trinajstić information content (AvgIpc) is 3.15. The lowest BCUT2D eigenvalue weighted by Gasteiger charge is -2.07. The lowest BCUT2D eigenvalue weighted by molar-refractivity contribution is -0.115. The van der Waals surface area contributed by atoms with Crippen molar-refractivity contribution in [2.24, 2.45) is 4.99 Å². The number of pyridine rings is 1. The van der Waals surface area contributed by atoms with Crippen molar-refractivity contribution < 1.29 is 4.79 Å². The highest BCUT2D eigenvalue weighted by atomic mass is 35.5. The van der Waals surface area contributed by atoms with Crippen LogP contribution >= 0.6 is 35.0 Å². The highest BCUT2D eigenvalue weighted by Gasteiger charge is 2.24. The molecule has 3 aromatic carbocycles. The molecule has 0 saturated carbocycles. The minimum absolute atomic E-state index is 0.216. The normalized spacial score (nSPS) is 16.1. The van der Waals surface area contributed by atoms with Gasteiger partial charge in [0, 0.05) is 11.6 Å². The Morgan fingerprint density at radius 2 is 1.72 bits per heavy atom. The number of para-hydroxylation sites is 1. The largest absolute Gasteiger partial charge is 0.300 e. The fourth-order valence-electron chi connectivity index (χ4n) is 3.45. The van der Waals surface area contributed by atoms with E-state index in [0.717, 1.165) is 27.6 Å². The summed E-state index contributed by atoms with van der Waals surface area (Å²) in [5, 5.41) is 5.08. The summed E-state index contributed by atoms with van der Waals surface area (Å²) >= 11 is 13.6. The van der Waals surface area contributed by atoms with Gasteiger partial charge in [0.25, 0.3) is 5.91 Å². The van der Waals surface area contributed by atoms with Crippen LogP contribution in [0.3, 0.4) is 0 Å². The van der Waals surface area contributed by atoms with Crippen LogP contribution in [0.5, 0.6) is 0 Å². The molecule has 4 aromatic rings. The molecule has 156 valence electrons. The van der Waals surface area contributed by atoms with Crippen LogP contribution < -0.4 is 5.32 Å². The molecular weight excluding hydrogens is 461 g/mol. The van der Waals surface area contributed by atoms with Crippen LogP contribution in [0.4, 0.5) is 5.69 Å². The first-order valence-corrected chi connectivity index (χ1v) is 11.3. The van der Waals surface area contributed by atoms with Gasteiger partial charge in [-0.1, -0.05) is 65.7 Å². The molecule has 0 spiro atoms. The van der Waals surface area contributed by atoms with Gasteiger partial charge in [0.2, 0.25) is 0 Å². The number of carbonyl (C=O) groups is 1. The van der Waals surface area contributed by atoms with Gasteiger partial charge in [-0.25, -0.2) is 4.99 Å². The number of hydrogen-bond acceptors (Lipinski definition) is 4. The first-order chi connectivity index (χ1) is 15.6. The van der Waals surface area contributed by atoms with E-state index in [1.807, 2.05) is 54.7 Å². The highest BCUT2D eigenvalue weighted by Crippen LogP contribution is 2.36. The van der Waals surface area contributed by atoms with Crippen molar-refractivity contribution in [3.8, 4) is 11.1 Å². The van der Waals surface area contributed by atoms with Gasteiger partial charge < -0.3 is 5.32 Å². The van der Waals surface area contributed by atoms with Gasteiger partial charge in [-0.05, 0) is 64.9 Å². The number of aliphatic imine (C=N–C) groups is 1. The molecule has 5 rings (SSSR count). The second-order valence-electron chi connectivity index (χ2n) is 7.05. The van der Waals surface area contributed by atoms with Crippen molar-refractivity contribution in [2.75, 3.05) is 0 Å². The molecule has 0 bridgehead atoms. The maximum atomic E-state index is 12.5. The number of amides is 1. The summed E-state index contributed by atoms with van der Waals surface area (Å²) in [6.45, 7) is 0. The maximum Gasteiger partial charge on any atom is 0.264 e. The van der Waals surface area contributed by atoms with Gasteiger partial charge in [0.15, 0.2) is 5.17 Å². The Morgan fingerprint density at radius 1 is 0.938 bits per heavy atom. The molecule has 1 aliphatic rings. The minimum Gasteiger partial charge on any atom is -0.300 e. The molecule has 0 aliphatic carbocycles. The summed E-state index contributed by atoms with van der Waals surface area (Å²) in [6, 6.07) is 23.3. The first-order valence-electron chi connectivity index (χ1n) is 9.76. The second-order valence-corrected chi connectivity index (χ2v) is 8.90. The Morgan fingerprint density at radius 3 is 2.50 bits per heavy atom. The van der Waals surface area contributed by atoms with Gasteiger partial charge in [-0.15, -0.1) is 0 Å². The van der Waals surface area contributed by atoms with Crippen molar-refractivity contribution >= 4 is 68.7 Å². The molecule has 1 fully saturated rings. The molecule has 1 N–H and O–H groups in total. The molecule has 0 unspecified atom stereocenters. The van der Waals surface area contributed by atoms with Crippen LogP contribution in [0, 0.1) is 0 Å². The maximum absolute atomic E-state index is 12.5. The summed E-state index contributed by atoms with van der Waals surface area (Å²) < 4.78 is 0. The van der Waals surface area contributed by atoms with E-state index < -0.39 is 0 Å². The third kappa shape index (κ3) is 4.15. The number of halogens is 2. The molecule has 1 aliphatic heterocycles. The molecule has 7 heteroatoms. The number of benzene rings is 3. The molecule has 1 aromatic heterocycles. The summed E-state index contributed by atoms with van der Waals surface area (Å²) in [4.78, 5) is 22.0. The Labute approximate surface area is 199 Å². The number of hydrogen-bond donors (Lipinski definition) is 1. The van der Waals surface area contributed by atoms with Crippen LogP contribution in [0.25, 0.3) is 28.1 Å². The van der Waals surface area contributed by atoms with Crippen molar-refractivity contribution in [3.05, 3.63) is 99.5 Å². The summed E-state index contributed by atoms with van der Waals surface area (Å²) in [5.74, 6) is -0.216. The molecule has 32 heavy (non-hydrogen) atoms. The van der Waals surface area contributed by atoms with Crippen molar-refractivity contribution in [3.63, 3.8) is 0 Å². The number of carbonyl (C=O) groups excluding carboxylic acids is 1. The Hall–Kier alpha value is -3.12. The molecule has 0 atom stereocenters. The van der Waals surface area contributed by atoms with E-state index in [2.05, 4.69) is 27.4 Å². The number of fused-ring (bicyclic) bond motifs is 1. The molecule has 1 saturated heterocycles. The summed E-state index contributed by atoms with van der Waals surface area (Å²) in [5.41, 5.74) is 4.44. The number of thioether (sulfide) groups is 1. The van der Waals surface area contributed by atoms with Gasteiger partial charge in [0.1, 0.15) is 5.69 Å². The van der Waals surface area contributed by atoms with E-state index in [0.29, 0.717) is 25.8 Å². The van der Waals surface area contributed by atoms with E-state index in [1.165, 1.54) is 11.8 Å². The number of nitrogens with one attached hydrogen (secondary N) is 1. The zero-order valence-corrected chi connectivity index (χ0v) is 18.9. The van der Waals surface area contributed by atoms with Crippen molar-refractivity contribution in [2.45, 2.75) is 0 Å². The van der Waals surface area contributed by atoms with Crippen LogP contribution in [0.15, 0.2) is 88.9 Å². The van der Waals surface area contributed by atoms with Crippen molar-refractivity contribution in [1.29, 1.82) is 0 Å². The minimum atomic E-state index is -0.216. The van der Waals surface area contributed by atoms with Crippen LogP contribution in [0.2, 0.25) is 10.0 Å². The lowest BCUT2D eigenvalue weighted by Crippen LogP contribution is -2.19. The van der Waals surface area contributed by atoms with Crippen LogP contribution in [-0.4, -0.2) is 16.1 Å². The smallest absolute Gasteiger partial charge is 0.264 e. The molecule has 0 radical (unpaired) electrons. The van der Waals surface area contributed by atoms with E-state index in [9.17, 15) is 4.79 Å². The zero-order valence-electron chi connectivity index (χ0n) is 16.5. The molecular formula is C25H15Cl2N3OS. The van der Waals surface area contributed by atoms with Crippen LogP contribution in [-0.2, 0) is 4.79 Å². The third-order valence-corrected chi connectivity index (χ3v) is 6.47. The monoisotopic (exact) mass is 475 g/mol. The van der Waals surface area contributed by atoms with Gasteiger partial charge in [-0.2, -0.15) is 0 Å². The fourth-order valence-corrected chi connectivity index (χ4v) is 4.76. The predicted molar refractivity (Wildman–Crippen MR) is 134 cm³/mol. The Bertz CT molecular complexity index is 1400. The SMILES string of the molecule is O=C1NC(=Nc2c(Cl)cccc2Cl)S/C1=C/c1ccc2nccc(-c3ccccc3)c2c1. The number of rotatable bonds is 3. The van der Waals surface area contributed by atoms with E-state index in [-0.39, 0.29) is 5.91 Å². The summed E-state index contributed by atoms with van der Waals surface area (Å²) in [7, 11) is 0. The van der Waals surface area contributed by atoms with Gasteiger partial charge in [0.05, 0.1) is 20.5 Å². The van der Waals surface area contributed by atoms with E-state index in [1.54, 1.807) is 18.2 Å². The van der Waals surface area contributed by atoms with Gasteiger partial charge in [-0.3, -0.25) is 9.78 Å². The van der Waals surface area contributed by atoms with E-state index >= 15 is 0 Å². The fraction of sp³-hybridized carbons (Fsp3) is 0. The topological polar surface area (TPSA) is 54.4 Å². The van der Waals surface area contributed by atoms with Gasteiger partial charge >= 0.3 is 0 Å². The zero-order chi connectivity index (χ0) is 22.1. The molecule has 4 nitrogen and oxygen atoms in total. The van der Waals surface area contributed by atoms with E-state index in [4.69, 9.17) is 23.2 Å².